The van der Waals surface area contributed by atoms with E-state index in [2.05, 4.69) is 4.98 Å². The van der Waals surface area contributed by atoms with Crippen LogP contribution in [0.5, 0.6) is 0 Å². The maximum absolute atomic E-state index is 12.4. The summed E-state index contributed by atoms with van der Waals surface area (Å²) in [5.74, 6) is -1.41. The summed E-state index contributed by atoms with van der Waals surface area (Å²) in [5, 5.41) is 9.79. The van der Waals surface area contributed by atoms with E-state index in [9.17, 15) is 9.59 Å². The van der Waals surface area contributed by atoms with Crippen LogP contribution in [0.15, 0.2) is 36.5 Å². The Balaban J connectivity index is 0.00000132. The maximum atomic E-state index is 12.4. The number of benzene rings is 1. The molecule has 1 atom stereocenters. The minimum Gasteiger partial charge on any atom is -0.481 e. The largest absolute Gasteiger partial charge is 0.481 e. The summed E-state index contributed by atoms with van der Waals surface area (Å²) in [7, 11) is 0. The first-order valence-corrected chi connectivity index (χ1v) is 7.50. The molecule has 2 heterocycles. The van der Waals surface area contributed by atoms with E-state index in [-0.39, 0.29) is 37.3 Å². The molecule has 1 unspecified atom stereocenters. The monoisotopic (exact) mass is 374 g/mol. The Labute approximate surface area is 150 Å². The summed E-state index contributed by atoms with van der Waals surface area (Å²) < 4.78 is 0. The van der Waals surface area contributed by atoms with Crippen LogP contribution in [0.4, 0.5) is 0 Å². The molecule has 0 aliphatic carbocycles. The fraction of sp³-hybridized carbons (Fsp3) is 0.267. The molecule has 1 amide bonds. The number of carboxylic acids is 1. The normalized spacial score (nSPS) is 16.3. The Hall–Kier alpha value is -1.63. The lowest BCUT2D eigenvalue weighted by atomic mass is 10.1. The molecule has 1 aliphatic rings. The van der Waals surface area contributed by atoms with Crippen molar-refractivity contribution in [2.75, 3.05) is 13.1 Å². The van der Waals surface area contributed by atoms with Crippen LogP contribution in [0.1, 0.15) is 16.1 Å². The summed E-state index contributed by atoms with van der Waals surface area (Å²) in [5.41, 5.74) is 0.978. The van der Waals surface area contributed by atoms with Crippen LogP contribution in [-0.4, -0.2) is 40.0 Å². The number of rotatable bonds is 3. The SMILES string of the molecule is Cl.Cl.O=C(O)C1CCN(C(=O)c2cnc(-c3ccccc3)s2)C1. The van der Waals surface area contributed by atoms with Crippen molar-refractivity contribution in [3.63, 3.8) is 0 Å². The van der Waals surface area contributed by atoms with Crippen molar-refractivity contribution in [2.24, 2.45) is 5.92 Å². The van der Waals surface area contributed by atoms with Crippen LogP contribution < -0.4 is 0 Å². The van der Waals surface area contributed by atoms with Crippen molar-refractivity contribution in [3.05, 3.63) is 41.4 Å². The zero-order valence-electron chi connectivity index (χ0n) is 12.0. The Kier molecular flexibility index (Phi) is 7.00. The van der Waals surface area contributed by atoms with Crippen LogP contribution in [-0.2, 0) is 4.79 Å². The number of carbonyl (C=O) groups excluding carboxylic acids is 1. The second-order valence-corrected chi connectivity index (χ2v) is 6.00. The number of carboxylic acid groups (broad SMARTS) is 1. The maximum Gasteiger partial charge on any atom is 0.308 e. The molecular formula is C15H16Cl2N2O3S. The smallest absolute Gasteiger partial charge is 0.308 e. The molecule has 1 aromatic carbocycles. The summed E-state index contributed by atoms with van der Waals surface area (Å²) in [6.07, 6.45) is 2.09. The predicted molar refractivity (Wildman–Crippen MR) is 93.7 cm³/mol. The first-order valence-electron chi connectivity index (χ1n) is 6.68. The van der Waals surface area contributed by atoms with Gasteiger partial charge in [-0.1, -0.05) is 30.3 Å². The van der Waals surface area contributed by atoms with Gasteiger partial charge in [0.25, 0.3) is 5.91 Å². The van der Waals surface area contributed by atoms with Crippen molar-refractivity contribution in [3.8, 4) is 10.6 Å². The number of hydrogen-bond donors (Lipinski definition) is 1. The third kappa shape index (κ3) is 4.22. The van der Waals surface area contributed by atoms with E-state index < -0.39 is 11.9 Å². The van der Waals surface area contributed by atoms with E-state index in [0.717, 1.165) is 10.6 Å². The van der Waals surface area contributed by atoms with Crippen molar-refractivity contribution >= 4 is 48.0 Å². The van der Waals surface area contributed by atoms with E-state index in [0.29, 0.717) is 17.8 Å². The fourth-order valence-corrected chi connectivity index (χ4v) is 3.28. The van der Waals surface area contributed by atoms with Crippen LogP contribution in [0, 0.1) is 5.92 Å². The third-order valence-electron chi connectivity index (χ3n) is 3.56. The van der Waals surface area contributed by atoms with Gasteiger partial charge < -0.3 is 10.0 Å². The van der Waals surface area contributed by atoms with E-state index in [1.807, 2.05) is 30.3 Å². The van der Waals surface area contributed by atoms with Gasteiger partial charge in [-0.15, -0.1) is 36.2 Å². The minimum atomic E-state index is -0.834. The molecule has 2 aromatic rings. The quantitative estimate of drug-likeness (QED) is 0.895. The van der Waals surface area contributed by atoms with E-state index in [1.54, 1.807) is 11.1 Å². The molecule has 1 N–H and O–H groups in total. The molecule has 1 fully saturated rings. The number of amides is 1. The molecule has 0 spiro atoms. The van der Waals surface area contributed by atoms with Gasteiger partial charge in [-0.05, 0) is 6.42 Å². The van der Waals surface area contributed by atoms with Gasteiger partial charge >= 0.3 is 5.97 Å². The Morgan fingerprint density at radius 2 is 1.91 bits per heavy atom. The number of likely N-dealkylation sites (tertiary alicyclic amines) is 1. The Morgan fingerprint density at radius 3 is 2.52 bits per heavy atom. The lowest BCUT2D eigenvalue weighted by molar-refractivity contribution is -0.141. The van der Waals surface area contributed by atoms with Crippen molar-refractivity contribution in [1.82, 2.24) is 9.88 Å². The zero-order chi connectivity index (χ0) is 14.8. The topological polar surface area (TPSA) is 70.5 Å². The molecule has 124 valence electrons. The molecule has 23 heavy (non-hydrogen) atoms. The van der Waals surface area contributed by atoms with E-state index in [1.165, 1.54) is 11.3 Å². The molecular weight excluding hydrogens is 359 g/mol. The highest BCUT2D eigenvalue weighted by Gasteiger charge is 2.32. The molecule has 3 rings (SSSR count). The zero-order valence-corrected chi connectivity index (χ0v) is 14.5. The Bertz CT molecular complexity index is 678. The van der Waals surface area contributed by atoms with Gasteiger partial charge in [-0.3, -0.25) is 9.59 Å². The highest BCUT2D eigenvalue weighted by atomic mass is 35.5. The number of aliphatic carboxylic acids is 1. The lowest BCUT2D eigenvalue weighted by Gasteiger charge is -2.13. The van der Waals surface area contributed by atoms with Gasteiger partial charge in [0.15, 0.2) is 0 Å². The molecule has 8 heteroatoms. The molecule has 1 saturated heterocycles. The highest BCUT2D eigenvalue weighted by molar-refractivity contribution is 7.16. The van der Waals surface area contributed by atoms with Gasteiger partial charge in [-0.25, -0.2) is 4.98 Å². The number of halogens is 2. The minimum absolute atomic E-state index is 0. The molecule has 0 saturated carbocycles. The molecule has 1 aliphatic heterocycles. The van der Waals surface area contributed by atoms with E-state index >= 15 is 0 Å². The summed E-state index contributed by atoms with van der Waals surface area (Å²) in [6, 6.07) is 9.68. The lowest BCUT2D eigenvalue weighted by Crippen LogP contribution is -2.29. The highest BCUT2D eigenvalue weighted by Crippen LogP contribution is 2.27. The van der Waals surface area contributed by atoms with Crippen LogP contribution in [0.2, 0.25) is 0 Å². The van der Waals surface area contributed by atoms with E-state index in [4.69, 9.17) is 5.11 Å². The summed E-state index contributed by atoms with van der Waals surface area (Å²) >= 11 is 1.34. The van der Waals surface area contributed by atoms with Crippen molar-refractivity contribution in [2.45, 2.75) is 6.42 Å². The van der Waals surface area contributed by atoms with Crippen LogP contribution in [0.25, 0.3) is 10.6 Å². The summed E-state index contributed by atoms with van der Waals surface area (Å²) in [6.45, 7) is 0.779. The average molecular weight is 375 g/mol. The molecule has 1 aromatic heterocycles. The number of aromatic nitrogens is 1. The van der Waals surface area contributed by atoms with Gasteiger partial charge in [-0.2, -0.15) is 0 Å². The molecule has 0 radical (unpaired) electrons. The first kappa shape index (κ1) is 19.4. The van der Waals surface area contributed by atoms with Crippen LogP contribution >= 0.6 is 36.2 Å². The van der Waals surface area contributed by atoms with Gasteiger partial charge in [0.1, 0.15) is 9.88 Å². The van der Waals surface area contributed by atoms with Crippen molar-refractivity contribution < 1.29 is 14.7 Å². The fourth-order valence-electron chi connectivity index (χ4n) is 2.39. The van der Waals surface area contributed by atoms with Gasteiger partial charge in [0.05, 0.1) is 12.1 Å². The first-order chi connectivity index (χ1) is 10.1. The molecule has 0 bridgehead atoms. The van der Waals surface area contributed by atoms with Crippen molar-refractivity contribution in [1.29, 1.82) is 0 Å². The number of nitrogens with zero attached hydrogens (tertiary/aromatic N) is 2. The second-order valence-electron chi connectivity index (χ2n) is 4.97. The number of thiazole rings is 1. The van der Waals surface area contributed by atoms with Crippen LogP contribution in [0.3, 0.4) is 0 Å². The number of carbonyl (C=O) groups is 2. The standard InChI is InChI=1S/C15H14N2O3S.2ClH/c18-14(17-7-6-11(9-17)15(19)20)12-8-16-13(21-12)10-4-2-1-3-5-10;;/h1-5,8,11H,6-7,9H2,(H,19,20);2*1H. The van der Waals surface area contributed by atoms with Gasteiger partial charge in [0.2, 0.25) is 0 Å². The van der Waals surface area contributed by atoms with Gasteiger partial charge in [0, 0.05) is 18.7 Å². The third-order valence-corrected chi connectivity index (χ3v) is 4.60. The Morgan fingerprint density at radius 1 is 1.22 bits per heavy atom. The predicted octanol–water partition coefficient (Wildman–Crippen LogP) is 3.20. The molecule has 5 nitrogen and oxygen atoms in total. The number of hydrogen-bond acceptors (Lipinski definition) is 4. The average Bonchev–Trinajstić information content (AvgIpc) is 3.17. The second kappa shape index (κ2) is 8.29. The summed E-state index contributed by atoms with van der Waals surface area (Å²) in [4.78, 5) is 29.8.